The molecule has 0 amide bonds. The summed E-state index contributed by atoms with van der Waals surface area (Å²) in [5.41, 5.74) is -6.78. The van der Waals surface area contributed by atoms with Crippen molar-refractivity contribution < 1.29 is 40.1 Å². The van der Waals surface area contributed by atoms with Crippen LogP contribution in [0.4, 0.5) is 49.4 Å². The molecule has 1 aliphatic heterocycles. The molecule has 2 aromatic rings. The maximum atomic E-state index is 13.5. The van der Waals surface area contributed by atoms with Crippen LogP contribution < -0.4 is 9.62 Å². The third-order valence-corrected chi connectivity index (χ3v) is 6.02. The first-order chi connectivity index (χ1) is 17.7. The third-order valence-electron chi connectivity index (χ3n) is 5.20. The number of aryl methyl sites for hydroxylation is 1. The number of hydrogen-bond acceptors (Lipinski definition) is 8. The predicted molar refractivity (Wildman–Crippen MR) is 127 cm³/mol. The van der Waals surface area contributed by atoms with E-state index in [9.17, 15) is 35.3 Å². The minimum Gasteiger partial charge on any atom is -0.462 e. The fourth-order valence-corrected chi connectivity index (χ4v) is 4.22. The molecule has 0 saturated heterocycles. The topological polar surface area (TPSA) is 109 Å². The molecule has 0 spiro atoms. The first-order valence-corrected chi connectivity index (χ1v) is 12.6. The summed E-state index contributed by atoms with van der Waals surface area (Å²) in [7, 11) is -3.50. The molecule has 1 atom stereocenters. The third kappa shape index (κ3) is 7.17. The van der Waals surface area contributed by atoms with Gasteiger partial charge in [-0.05, 0) is 43.4 Å². The molecular weight excluding hydrogens is 542 g/mol. The van der Waals surface area contributed by atoms with Crippen LogP contribution >= 0.6 is 0 Å². The first-order valence-electron chi connectivity index (χ1n) is 11.4. The number of benzene rings is 1. The maximum absolute atomic E-state index is 13.5. The molecule has 0 aliphatic carbocycles. The van der Waals surface area contributed by atoms with Crippen molar-refractivity contribution in [3.8, 4) is 0 Å². The Balaban J connectivity index is 2.06. The van der Waals surface area contributed by atoms with E-state index in [0.717, 1.165) is 12.0 Å². The molecule has 0 fully saturated rings. The Labute approximate surface area is 216 Å². The lowest BCUT2D eigenvalue weighted by Crippen LogP contribution is -2.32. The SMILES string of the molecule is CCOC(=O)c1cnc(N=Nc2cc3c(cc2NS(=O)C(F)(F)F)N(CC(C)C)CCC3)nc1C(F)(F)F. The second-order valence-electron chi connectivity index (χ2n) is 8.61. The normalized spacial score (nSPS) is 15.1. The maximum Gasteiger partial charge on any atom is 0.490 e. The minimum absolute atomic E-state index is 0.181. The summed E-state index contributed by atoms with van der Waals surface area (Å²) in [6.07, 6.45) is -3.16. The van der Waals surface area contributed by atoms with Crippen molar-refractivity contribution >= 4 is 40.0 Å². The number of carbonyl (C=O) groups excluding carboxylic acids is 1. The highest BCUT2D eigenvalue weighted by Crippen LogP contribution is 2.39. The van der Waals surface area contributed by atoms with Gasteiger partial charge in [0.2, 0.25) is 11.0 Å². The van der Waals surface area contributed by atoms with Gasteiger partial charge in [-0.25, -0.2) is 19.0 Å². The lowest BCUT2D eigenvalue weighted by molar-refractivity contribution is -0.141. The van der Waals surface area contributed by atoms with Crippen LogP contribution in [0.1, 0.15) is 48.8 Å². The van der Waals surface area contributed by atoms with E-state index >= 15 is 0 Å². The number of halogens is 6. The van der Waals surface area contributed by atoms with Crippen molar-refractivity contribution in [1.82, 2.24) is 9.97 Å². The summed E-state index contributed by atoms with van der Waals surface area (Å²) < 4.78 is 97.8. The summed E-state index contributed by atoms with van der Waals surface area (Å²) >= 11 is 0. The second-order valence-corrected chi connectivity index (χ2v) is 9.81. The van der Waals surface area contributed by atoms with E-state index < -0.39 is 45.8 Å². The van der Waals surface area contributed by atoms with Gasteiger partial charge in [0.1, 0.15) is 11.3 Å². The van der Waals surface area contributed by atoms with Crippen molar-refractivity contribution in [2.45, 2.75) is 45.3 Å². The molecular formula is C22H24F6N6O3S. The number of hydrogen-bond donors (Lipinski definition) is 1. The Morgan fingerprint density at radius 2 is 1.92 bits per heavy atom. The van der Waals surface area contributed by atoms with Gasteiger partial charge in [-0.3, -0.25) is 4.72 Å². The number of carbonyl (C=O) groups is 1. The van der Waals surface area contributed by atoms with Gasteiger partial charge in [-0.15, -0.1) is 10.2 Å². The van der Waals surface area contributed by atoms with E-state index in [1.807, 2.05) is 23.5 Å². The minimum atomic E-state index is -5.09. The van der Waals surface area contributed by atoms with Crippen LogP contribution in [0.3, 0.4) is 0 Å². The van der Waals surface area contributed by atoms with Crippen molar-refractivity contribution in [2.75, 3.05) is 29.3 Å². The number of rotatable bonds is 8. The van der Waals surface area contributed by atoms with Crippen LogP contribution in [0.25, 0.3) is 0 Å². The molecule has 1 unspecified atom stereocenters. The number of fused-ring (bicyclic) bond motifs is 1. The molecule has 38 heavy (non-hydrogen) atoms. The van der Waals surface area contributed by atoms with Crippen LogP contribution in [-0.4, -0.2) is 45.4 Å². The highest BCUT2D eigenvalue weighted by atomic mass is 32.2. The van der Waals surface area contributed by atoms with Crippen LogP contribution in [0.15, 0.2) is 28.6 Å². The van der Waals surface area contributed by atoms with Gasteiger partial charge >= 0.3 is 17.7 Å². The second kappa shape index (κ2) is 11.6. The van der Waals surface area contributed by atoms with E-state index in [2.05, 4.69) is 24.9 Å². The van der Waals surface area contributed by atoms with Gasteiger partial charge in [0, 0.05) is 25.0 Å². The molecule has 1 aliphatic rings. The first kappa shape index (κ1) is 29.3. The molecule has 1 aromatic carbocycles. The van der Waals surface area contributed by atoms with Crippen LogP contribution in [0.5, 0.6) is 0 Å². The monoisotopic (exact) mass is 566 g/mol. The summed E-state index contributed by atoms with van der Waals surface area (Å²) in [5.74, 6) is -1.84. The Hall–Kier alpha value is -3.30. The summed E-state index contributed by atoms with van der Waals surface area (Å²) in [6.45, 7) is 6.48. The molecule has 16 heteroatoms. The Kier molecular flexibility index (Phi) is 8.94. The number of esters is 1. The number of alkyl halides is 6. The fourth-order valence-electron chi connectivity index (χ4n) is 3.74. The molecule has 1 N–H and O–H groups in total. The van der Waals surface area contributed by atoms with E-state index in [4.69, 9.17) is 0 Å². The molecule has 2 heterocycles. The van der Waals surface area contributed by atoms with Crippen LogP contribution in [0, 0.1) is 5.92 Å². The van der Waals surface area contributed by atoms with E-state index in [1.54, 1.807) is 0 Å². The zero-order valence-electron chi connectivity index (χ0n) is 20.5. The van der Waals surface area contributed by atoms with Crippen molar-refractivity contribution in [2.24, 2.45) is 16.1 Å². The fraction of sp³-hybridized carbons (Fsp3) is 0.500. The van der Waals surface area contributed by atoms with E-state index in [-0.39, 0.29) is 23.9 Å². The van der Waals surface area contributed by atoms with Gasteiger partial charge in [0.15, 0.2) is 5.69 Å². The molecule has 0 bridgehead atoms. The number of azo groups is 1. The van der Waals surface area contributed by atoms with E-state index in [0.29, 0.717) is 31.4 Å². The number of nitrogens with zero attached hydrogens (tertiary/aromatic N) is 5. The average Bonchev–Trinajstić information content (AvgIpc) is 2.81. The Bertz CT molecular complexity index is 1240. The Morgan fingerprint density at radius 1 is 1.21 bits per heavy atom. The molecule has 208 valence electrons. The zero-order chi connectivity index (χ0) is 28.3. The largest absolute Gasteiger partial charge is 0.490 e. The average molecular weight is 567 g/mol. The van der Waals surface area contributed by atoms with Crippen LogP contribution in [0.2, 0.25) is 0 Å². The summed E-state index contributed by atoms with van der Waals surface area (Å²) in [6, 6.07) is 2.79. The summed E-state index contributed by atoms with van der Waals surface area (Å²) in [5, 5.41) is 7.33. The quantitative estimate of drug-likeness (QED) is 0.235. The smallest absolute Gasteiger partial charge is 0.462 e. The van der Waals surface area contributed by atoms with Gasteiger partial charge < -0.3 is 9.64 Å². The van der Waals surface area contributed by atoms with Crippen molar-refractivity contribution in [3.05, 3.63) is 35.2 Å². The van der Waals surface area contributed by atoms with Crippen molar-refractivity contribution in [3.63, 3.8) is 0 Å². The number of aromatic nitrogens is 2. The molecule has 0 saturated carbocycles. The highest BCUT2D eigenvalue weighted by Gasteiger charge is 2.39. The number of anilines is 2. The van der Waals surface area contributed by atoms with E-state index in [1.165, 1.54) is 19.1 Å². The van der Waals surface area contributed by atoms with Crippen LogP contribution in [-0.2, 0) is 28.3 Å². The predicted octanol–water partition coefficient (Wildman–Crippen LogP) is 6.09. The highest BCUT2D eigenvalue weighted by molar-refractivity contribution is 7.87. The lowest BCUT2D eigenvalue weighted by Gasteiger charge is -2.33. The van der Waals surface area contributed by atoms with Gasteiger partial charge in [0.05, 0.1) is 12.3 Å². The molecule has 9 nitrogen and oxygen atoms in total. The van der Waals surface area contributed by atoms with Crippen molar-refractivity contribution in [1.29, 1.82) is 0 Å². The molecule has 1 aromatic heterocycles. The van der Waals surface area contributed by atoms with Gasteiger partial charge in [-0.2, -0.15) is 26.3 Å². The Morgan fingerprint density at radius 3 is 2.53 bits per heavy atom. The number of ether oxygens (including phenoxy) is 1. The standard InChI is InChI=1S/C22H24F6N6O3S/c1-4-37-19(35)14-10-29-20(30-18(14)21(23,24)25)32-31-15-8-13-6-5-7-34(11-12(2)3)17(13)9-16(15)33-38(36)22(26,27)28/h8-10,12,33H,4-7,11H2,1-3H3. The lowest BCUT2D eigenvalue weighted by atomic mass is 9.99. The zero-order valence-corrected chi connectivity index (χ0v) is 21.3. The van der Waals surface area contributed by atoms with Gasteiger partial charge in [0.25, 0.3) is 5.95 Å². The molecule has 3 rings (SSSR count). The van der Waals surface area contributed by atoms with Gasteiger partial charge in [-0.1, -0.05) is 13.8 Å². The molecule has 0 radical (unpaired) electrons. The number of nitrogens with one attached hydrogen (secondary N) is 1. The summed E-state index contributed by atoms with van der Waals surface area (Å²) in [4.78, 5) is 20.7.